The van der Waals surface area contributed by atoms with E-state index in [-0.39, 0.29) is 17.5 Å². The Labute approximate surface area is 155 Å². The number of urea groups is 1. The summed E-state index contributed by atoms with van der Waals surface area (Å²) in [5.74, 6) is -0.126. The summed E-state index contributed by atoms with van der Waals surface area (Å²) >= 11 is 3.49. The molecule has 1 fully saturated rings. The first kappa shape index (κ1) is 17.5. The molecule has 5 nitrogen and oxygen atoms in total. The molecule has 0 bridgehead atoms. The fraction of sp³-hybridized carbons (Fsp3) is 0.263. The third-order valence-electron chi connectivity index (χ3n) is 4.40. The summed E-state index contributed by atoms with van der Waals surface area (Å²) in [4.78, 5) is 23.5. The Morgan fingerprint density at radius 2 is 1.64 bits per heavy atom. The van der Waals surface area contributed by atoms with Gasteiger partial charge >= 0.3 is 6.03 Å². The van der Waals surface area contributed by atoms with Crippen LogP contribution in [0, 0.1) is 0 Å². The van der Waals surface area contributed by atoms with E-state index in [9.17, 15) is 9.59 Å². The molecule has 1 saturated carbocycles. The number of hydrogen-bond acceptors (Lipinski definition) is 2. The van der Waals surface area contributed by atoms with Crippen molar-refractivity contribution in [3.05, 3.63) is 58.6 Å². The number of rotatable bonds is 4. The van der Waals surface area contributed by atoms with Gasteiger partial charge < -0.3 is 16.0 Å². The predicted octanol–water partition coefficient (Wildman–Crippen LogP) is 4.61. The zero-order valence-corrected chi connectivity index (χ0v) is 15.5. The summed E-state index contributed by atoms with van der Waals surface area (Å²) in [7, 11) is 0. The van der Waals surface area contributed by atoms with Crippen molar-refractivity contribution < 1.29 is 9.59 Å². The van der Waals surface area contributed by atoms with Crippen LogP contribution in [-0.4, -0.2) is 11.9 Å². The minimum absolute atomic E-state index is 0.126. The van der Waals surface area contributed by atoms with Crippen LogP contribution in [0.2, 0.25) is 0 Å². The molecule has 3 N–H and O–H groups in total. The fourth-order valence-corrected chi connectivity index (χ4v) is 3.42. The van der Waals surface area contributed by atoms with Crippen molar-refractivity contribution in [3.8, 4) is 0 Å². The molecule has 6 heteroatoms. The van der Waals surface area contributed by atoms with Gasteiger partial charge in [-0.2, -0.15) is 0 Å². The van der Waals surface area contributed by atoms with Gasteiger partial charge in [0.15, 0.2) is 0 Å². The number of nitrogens with one attached hydrogen (secondary N) is 3. The number of benzene rings is 2. The molecule has 0 heterocycles. The Balaban J connectivity index is 1.66. The Morgan fingerprint density at radius 3 is 2.16 bits per heavy atom. The van der Waals surface area contributed by atoms with E-state index in [0.29, 0.717) is 11.4 Å². The first-order valence-electron chi connectivity index (χ1n) is 8.20. The standard InChI is InChI=1S/C19H20BrN3O2/c1-13(24)21-16-6-8-17(9-7-16)22-18(25)23-19(10-3-11-19)14-4-2-5-15(20)12-14/h2,4-9,12H,3,10-11H2,1H3,(H,21,24)(H2,22,23,25). The smallest absolute Gasteiger partial charge is 0.319 e. The van der Waals surface area contributed by atoms with Crippen molar-refractivity contribution in [1.29, 1.82) is 0 Å². The van der Waals surface area contributed by atoms with Gasteiger partial charge in [-0.25, -0.2) is 4.79 Å². The molecule has 0 aromatic heterocycles. The van der Waals surface area contributed by atoms with Crippen LogP contribution in [0.3, 0.4) is 0 Å². The molecular formula is C19H20BrN3O2. The van der Waals surface area contributed by atoms with E-state index in [0.717, 1.165) is 29.3 Å². The van der Waals surface area contributed by atoms with E-state index in [4.69, 9.17) is 0 Å². The summed E-state index contributed by atoms with van der Waals surface area (Å²) in [6, 6.07) is 14.9. The highest BCUT2D eigenvalue weighted by Crippen LogP contribution is 2.41. The maximum absolute atomic E-state index is 12.4. The van der Waals surface area contributed by atoms with Crippen molar-refractivity contribution in [1.82, 2.24) is 5.32 Å². The predicted molar refractivity (Wildman–Crippen MR) is 103 cm³/mol. The van der Waals surface area contributed by atoms with E-state index in [1.54, 1.807) is 24.3 Å². The van der Waals surface area contributed by atoms with Gasteiger partial charge in [0, 0.05) is 22.8 Å². The molecule has 0 aliphatic heterocycles. The van der Waals surface area contributed by atoms with Crippen LogP contribution in [0.1, 0.15) is 31.7 Å². The van der Waals surface area contributed by atoms with Gasteiger partial charge in [-0.1, -0.05) is 28.1 Å². The second-order valence-electron chi connectivity index (χ2n) is 6.28. The van der Waals surface area contributed by atoms with Crippen LogP contribution in [0.15, 0.2) is 53.0 Å². The summed E-state index contributed by atoms with van der Waals surface area (Å²) < 4.78 is 1.01. The molecular weight excluding hydrogens is 382 g/mol. The van der Waals surface area contributed by atoms with Crippen molar-refractivity contribution >= 4 is 39.2 Å². The van der Waals surface area contributed by atoms with Crippen molar-refractivity contribution in [2.45, 2.75) is 31.7 Å². The molecule has 0 saturated heterocycles. The highest BCUT2D eigenvalue weighted by Gasteiger charge is 2.40. The Hall–Kier alpha value is -2.34. The van der Waals surface area contributed by atoms with E-state index in [1.807, 2.05) is 18.2 Å². The second kappa shape index (κ2) is 7.27. The topological polar surface area (TPSA) is 70.2 Å². The third-order valence-corrected chi connectivity index (χ3v) is 4.89. The average molecular weight is 402 g/mol. The first-order valence-corrected chi connectivity index (χ1v) is 8.99. The van der Waals surface area contributed by atoms with Crippen LogP contribution >= 0.6 is 15.9 Å². The van der Waals surface area contributed by atoms with Gasteiger partial charge in [0.25, 0.3) is 0 Å². The maximum Gasteiger partial charge on any atom is 0.319 e. The van der Waals surface area contributed by atoms with Crippen LogP contribution < -0.4 is 16.0 Å². The minimum atomic E-state index is -0.302. The van der Waals surface area contributed by atoms with Crippen molar-refractivity contribution in [2.75, 3.05) is 10.6 Å². The highest BCUT2D eigenvalue weighted by atomic mass is 79.9. The second-order valence-corrected chi connectivity index (χ2v) is 7.20. The molecule has 2 aromatic rings. The lowest BCUT2D eigenvalue weighted by Crippen LogP contribution is -2.52. The Bertz CT molecular complexity index is 786. The van der Waals surface area contributed by atoms with Gasteiger partial charge in [-0.3, -0.25) is 4.79 Å². The molecule has 0 atom stereocenters. The summed E-state index contributed by atoms with van der Waals surface area (Å²) in [5, 5.41) is 8.68. The van der Waals surface area contributed by atoms with E-state index >= 15 is 0 Å². The van der Waals surface area contributed by atoms with Gasteiger partial charge in [-0.15, -0.1) is 0 Å². The number of halogens is 1. The molecule has 0 spiro atoms. The van der Waals surface area contributed by atoms with E-state index in [1.165, 1.54) is 6.92 Å². The largest absolute Gasteiger partial charge is 0.328 e. The summed E-state index contributed by atoms with van der Waals surface area (Å²) in [6.45, 7) is 1.46. The van der Waals surface area contributed by atoms with Gasteiger partial charge in [0.1, 0.15) is 0 Å². The lowest BCUT2D eigenvalue weighted by Gasteiger charge is -2.43. The van der Waals surface area contributed by atoms with Crippen molar-refractivity contribution in [3.63, 3.8) is 0 Å². The number of carbonyl (C=O) groups excluding carboxylic acids is 2. The number of amides is 3. The highest BCUT2D eigenvalue weighted by molar-refractivity contribution is 9.10. The van der Waals surface area contributed by atoms with E-state index in [2.05, 4.69) is 37.9 Å². The van der Waals surface area contributed by atoms with Crippen molar-refractivity contribution in [2.24, 2.45) is 0 Å². The maximum atomic E-state index is 12.4. The zero-order chi connectivity index (χ0) is 17.9. The summed E-state index contributed by atoms with van der Waals surface area (Å²) in [5.41, 5.74) is 2.19. The normalized spacial score (nSPS) is 15.0. The molecule has 3 amide bonds. The molecule has 25 heavy (non-hydrogen) atoms. The third kappa shape index (κ3) is 4.20. The zero-order valence-electron chi connectivity index (χ0n) is 13.9. The molecule has 0 unspecified atom stereocenters. The quantitative estimate of drug-likeness (QED) is 0.699. The number of hydrogen-bond donors (Lipinski definition) is 3. The molecule has 3 rings (SSSR count). The number of carbonyl (C=O) groups is 2. The van der Waals surface area contributed by atoms with Crippen LogP contribution in [0.4, 0.5) is 16.2 Å². The average Bonchev–Trinajstić information content (AvgIpc) is 2.52. The van der Waals surface area contributed by atoms with Gasteiger partial charge in [0.2, 0.25) is 5.91 Å². The minimum Gasteiger partial charge on any atom is -0.328 e. The van der Waals surface area contributed by atoms with Gasteiger partial charge in [0.05, 0.1) is 5.54 Å². The fourth-order valence-electron chi connectivity index (χ4n) is 3.02. The lowest BCUT2D eigenvalue weighted by atomic mass is 9.72. The molecule has 130 valence electrons. The Kier molecular flexibility index (Phi) is 5.08. The summed E-state index contributed by atoms with van der Waals surface area (Å²) in [6.07, 6.45) is 2.95. The lowest BCUT2D eigenvalue weighted by molar-refractivity contribution is -0.114. The monoisotopic (exact) mass is 401 g/mol. The SMILES string of the molecule is CC(=O)Nc1ccc(NC(=O)NC2(c3cccc(Br)c3)CCC2)cc1. The Morgan fingerprint density at radius 1 is 1.00 bits per heavy atom. The van der Waals surface area contributed by atoms with Crippen LogP contribution in [0.5, 0.6) is 0 Å². The van der Waals surface area contributed by atoms with Gasteiger partial charge in [-0.05, 0) is 61.2 Å². The van der Waals surface area contributed by atoms with E-state index < -0.39 is 0 Å². The van der Waals surface area contributed by atoms with Crippen LogP contribution in [-0.2, 0) is 10.3 Å². The molecule has 1 aliphatic rings. The molecule has 0 radical (unpaired) electrons. The molecule has 2 aromatic carbocycles. The first-order chi connectivity index (χ1) is 12.0. The molecule has 1 aliphatic carbocycles. The van der Waals surface area contributed by atoms with Crippen LogP contribution in [0.25, 0.3) is 0 Å². The number of anilines is 2.